The molecule has 3 aromatic heterocycles. The van der Waals surface area contributed by atoms with Crippen molar-refractivity contribution in [1.82, 2.24) is 34.5 Å². The second-order valence-electron chi connectivity index (χ2n) is 8.31. The highest BCUT2D eigenvalue weighted by molar-refractivity contribution is 5.37. The maximum absolute atomic E-state index is 4.86. The zero-order valence-electron chi connectivity index (χ0n) is 19.9. The van der Waals surface area contributed by atoms with E-state index >= 15 is 0 Å². The third-order valence-electron chi connectivity index (χ3n) is 5.34. The van der Waals surface area contributed by atoms with E-state index in [-0.39, 0.29) is 0 Å². The minimum absolute atomic E-state index is 0.536. The average molecular weight is 425 g/mol. The molecule has 0 aliphatic heterocycles. The third-order valence-corrected chi connectivity index (χ3v) is 5.34. The van der Waals surface area contributed by atoms with Gasteiger partial charge in [-0.15, -0.1) is 0 Å². The van der Waals surface area contributed by atoms with E-state index in [4.69, 9.17) is 15.0 Å². The largest absolute Gasteiger partial charge is 0.341 e. The molecule has 0 aliphatic carbocycles. The van der Waals surface area contributed by atoms with Crippen molar-refractivity contribution in [3.05, 3.63) is 34.9 Å². The van der Waals surface area contributed by atoms with Gasteiger partial charge < -0.3 is 4.90 Å². The van der Waals surface area contributed by atoms with Crippen LogP contribution in [0.4, 0.5) is 5.95 Å². The van der Waals surface area contributed by atoms with Crippen molar-refractivity contribution in [3.8, 4) is 11.9 Å². The number of unbranched alkanes of at least 4 members (excludes halogenated alkanes) is 4. The molecule has 0 bridgehead atoms. The van der Waals surface area contributed by atoms with Crippen molar-refractivity contribution < 1.29 is 0 Å². The van der Waals surface area contributed by atoms with Gasteiger partial charge >= 0.3 is 0 Å². The van der Waals surface area contributed by atoms with Crippen LogP contribution in [0.3, 0.4) is 0 Å². The van der Waals surface area contributed by atoms with Crippen LogP contribution in [0, 0.1) is 27.7 Å². The Kier molecular flexibility index (Phi) is 7.76. The molecule has 0 N–H and O–H groups in total. The summed E-state index contributed by atoms with van der Waals surface area (Å²) in [6, 6.07) is 4.07. The molecule has 0 radical (unpaired) electrons. The summed E-state index contributed by atoms with van der Waals surface area (Å²) in [5.41, 5.74) is 3.87. The molecule has 168 valence electrons. The first kappa shape index (κ1) is 22.9. The Bertz CT molecular complexity index is 913. The Balaban J connectivity index is 2.07. The second kappa shape index (κ2) is 10.5. The van der Waals surface area contributed by atoms with E-state index in [1.807, 2.05) is 39.8 Å². The van der Waals surface area contributed by atoms with Gasteiger partial charge in [-0.05, 0) is 52.7 Å². The Morgan fingerprint density at radius 1 is 0.677 bits per heavy atom. The van der Waals surface area contributed by atoms with E-state index in [1.165, 1.54) is 25.7 Å². The van der Waals surface area contributed by atoms with Crippen LogP contribution in [0.5, 0.6) is 0 Å². The molecule has 0 atom stereocenters. The van der Waals surface area contributed by atoms with Crippen LogP contribution >= 0.6 is 0 Å². The van der Waals surface area contributed by atoms with E-state index in [1.54, 1.807) is 9.36 Å². The fourth-order valence-electron chi connectivity index (χ4n) is 3.75. The first-order valence-corrected chi connectivity index (χ1v) is 11.5. The number of hydrogen-bond acceptors (Lipinski definition) is 6. The highest BCUT2D eigenvalue weighted by Gasteiger charge is 2.18. The summed E-state index contributed by atoms with van der Waals surface area (Å²) in [6.07, 6.45) is 7.02. The molecule has 0 aromatic carbocycles. The molecular weight excluding hydrogens is 388 g/mol. The molecule has 0 unspecified atom stereocenters. The fraction of sp³-hybridized carbons (Fsp3) is 0.609. The lowest BCUT2D eigenvalue weighted by atomic mass is 10.2. The topological polar surface area (TPSA) is 77.5 Å². The van der Waals surface area contributed by atoms with Crippen LogP contribution in [0.2, 0.25) is 0 Å². The summed E-state index contributed by atoms with van der Waals surface area (Å²) in [5.74, 6) is 1.77. The molecule has 0 saturated carbocycles. The highest BCUT2D eigenvalue weighted by atomic mass is 15.4. The van der Waals surface area contributed by atoms with Gasteiger partial charge in [0.25, 0.3) is 11.9 Å². The van der Waals surface area contributed by atoms with Crippen LogP contribution in [0.25, 0.3) is 11.9 Å². The fourth-order valence-corrected chi connectivity index (χ4v) is 3.75. The standard InChI is InChI=1S/C23H36N8/c1-7-9-11-13-29(14-12-10-8-2)21-24-22(30-19(5)15-17(3)27-30)26-23(25-21)31-20(6)16-18(4)28-31/h15-16H,7-14H2,1-6H3. The second-order valence-corrected chi connectivity index (χ2v) is 8.31. The van der Waals surface area contributed by atoms with Crippen LogP contribution in [0.1, 0.15) is 75.1 Å². The number of hydrogen-bond donors (Lipinski definition) is 0. The Labute approximate surface area is 185 Å². The summed E-state index contributed by atoms with van der Waals surface area (Å²) in [5, 5.41) is 9.22. The molecule has 0 aliphatic rings. The van der Waals surface area contributed by atoms with Gasteiger partial charge in [0.05, 0.1) is 11.4 Å². The predicted octanol–water partition coefficient (Wildman–Crippen LogP) is 4.66. The summed E-state index contributed by atoms with van der Waals surface area (Å²) in [6.45, 7) is 14.3. The number of aromatic nitrogens is 7. The molecule has 0 fully saturated rings. The highest BCUT2D eigenvalue weighted by Crippen LogP contribution is 2.18. The molecule has 0 amide bonds. The van der Waals surface area contributed by atoms with Crippen molar-refractivity contribution >= 4 is 5.95 Å². The lowest BCUT2D eigenvalue weighted by molar-refractivity contribution is 0.618. The monoisotopic (exact) mass is 424 g/mol. The molecular formula is C23H36N8. The lowest BCUT2D eigenvalue weighted by Crippen LogP contribution is -2.29. The number of aryl methyl sites for hydroxylation is 4. The van der Waals surface area contributed by atoms with Crippen LogP contribution in [-0.4, -0.2) is 47.6 Å². The Hall–Kier alpha value is -2.77. The maximum Gasteiger partial charge on any atom is 0.257 e. The number of nitrogens with zero attached hydrogens (tertiary/aromatic N) is 8. The first-order valence-electron chi connectivity index (χ1n) is 11.5. The van der Waals surface area contributed by atoms with E-state index in [2.05, 4.69) is 28.9 Å². The van der Waals surface area contributed by atoms with Crippen LogP contribution < -0.4 is 4.90 Å². The van der Waals surface area contributed by atoms with Gasteiger partial charge in [-0.25, -0.2) is 9.36 Å². The van der Waals surface area contributed by atoms with Crippen molar-refractivity contribution in [2.75, 3.05) is 18.0 Å². The number of rotatable bonds is 11. The van der Waals surface area contributed by atoms with Crippen LogP contribution in [-0.2, 0) is 0 Å². The molecule has 0 spiro atoms. The summed E-state index contributed by atoms with van der Waals surface area (Å²) >= 11 is 0. The normalized spacial score (nSPS) is 11.3. The van der Waals surface area contributed by atoms with Crippen molar-refractivity contribution in [3.63, 3.8) is 0 Å². The smallest absolute Gasteiger partial charge is 0.257 e. The van der Waals surface area contributed by atoms with Crippen molar-refractivity contribution in [2.24, 2.45) is 0 Å². The predicted molar refractivity (Wildman–Crippen MR) is 124 cm³/mol. The molecule has 8 heteroatoms. The molecule has 8 nitrogen and oxygen atoms in total. The number of anilines is 1. The summed E-state index contributed by atoms with van der Waals surface area (Å²) in [7, 11) is 0. The lowest BCUT2D eigenvalue weighted by Gasteiger charge is -2.23. The molecule has 3 aromatic rings. The van der Waals surface area contributed by atoms with Gasteiger partial charge in [0, 0.05) is 24.5 Å². The summed E-state index contributed by atoms with van der Waals surface area (Å²) < 4.78 is 3.60. The van der Waals surface area contributed by atoms with Gasteiger partial charge in [-0.3, -0.25) is 0 Å². The molecule has 31 heavy (non-hydrogen) atoms. The van der Waals surface area contributed by atoms with Crippen molar-refractivity contribution in [1.29, 1.82) is 0 Å². The van der Waals surface area contributed by atoms with Gasteiger partial charge in [-0.2, -0.15) is 25.1 Å². The molecule has 3 heterocycles. The SMILES string of the molecule is CCCCCN(CCCCC)c1nc(-n2nc(C)cc2C)nc(-n2nc(C)cc2C)n1. The van der Waals surface area contributed by atoms with Crippen molar-refractivity contribution in [2.45, 2.75) is 80.1 Å². The van der Waals surface area contributed by atoms with Crippen LogP contribution in [0.15, 0.2) is 12.1 Å². The quantitative estimate of drug-likeness (QED) is 0.417. The van der Waals surface area contributed by atoms with Gasteiger partial charge in [0.15, 0.2) is 0 Å². The zero-order valence-corrected chi connectivity index (χ0v) is 19.9. The van der Waals surface area contributed by atoms with Gasteiger partial charge in [0.1, 0.15) is 0 Å². The van der Waals surface area contributed by atoms with E-state index in [0.717, 1.165) is 48.7 Å². The minimum Gasteiger partial charge on any atom is -0.341 e. The minimum atomic E-state index is 0.536. The average Bonchev–Trinajstić information content (AvgIpc) is 3.26. The molecule has 3 rings (SSSR count). The maximum atomic E-state index is 4.86. The third kappa shape index (κ3) is 5.68. The van der Waals surface area contributed by atoms with E-state index in [0.29, 0.717) is 17.8 Å². The Morgan fingerprint density at radius 3 is 1.48 bits per heavy atom. The molecule has 0 saturated heterocycles. The van der Waals surface area contributed by atoms with E-state index < -0.39 is 0 Å². The van der Waals surface area contributed by atoms with Gasteiger partial charge in [-0.1, -0.05) is 39.5 Å². The first-order chi connectivity index (χ1) is 14.9. The zero-order chi connectivity index (χ0) is 22.4. The summed E-state index contributed by atoms with van der Waals surface area (Å²) in [4.78, 5) is 16.8. The van der Waals surface area contributed by atoms with Gasteiger partial charge in [0.2, 0.25) is 5.95 Å². The Morgan fingerprint density at radius 2 is 1.13 bits per heavy atom. The van der Waals surface area contributed by atoms with E-state index in [9.17, 15) is 0 Å².